The van der Waals surface area contributed by atoms with Crippen molar-refractivity contribution in [2.24, 2.45) is 0 Å². The van der Waals surface area contributed by atoms with Crippen LogP contribution in [0.3, 0.4) is 0 Å². The highest BCUT2D eigenvalue weighted by atomic mass is 16.6. The quantitative estimate of drug-likeness (QED) is 0.730. The van der Waals surface area contributed by atoms with E-state index in [0.717, 1.165) is 5.56 Å². The molecular formula is C21H23NO5. The van der Waals surface area contributed by atoms with Crippen molar-refractivity contribution < 1.29 is 23.8 Å². The normalized spacial score (nSPS) is 15.1. The number of amides is 1. The maximum absolute atomic E-state index is 12.7. The molecule has 142 valence electrons. The van der Waals surface area contributed by atoms with E-state index in [0.29, 0.717) is 41.3 Å². The molecule has 0 radical (unpaired) electrons. The first-order chi connectivity index (χ1) is 13.0. The zero-order chi connectivity index (χ0) is 19.6. The van der Waals surface area contributed by atoms with Crippen molar-refractivity contribution in [2.45, 2.75) is 20.0 Å². The molecule has 0 N–H and O–H groups in total. The second-order valence-corrected chi connectivity index (χ2v) is 6.14. The highest BCUT2D eigenvalue weighted by Crippen LogP contribution is 2.44. The number of ether oxygens (including phenoxy) is 3. The predicted octanol–water partition coefficient (Wildman–Crippen LogP) is 3.45. The van der Waals surface area contributed by atoms with Crippen molar-refractivity contribution in [3.63, 3.8) is 0 Å². The number of fused-ring (bicyclic) bond motifs is 1. The summed E-state index contributed by atoms with van der Waals surface area (Å²) in [6, 6.07) is 10.6. The van der Waals surface area contributed by atoms with Gasteiger partial charge in [0.2, 0.25) is 0 Å². The molecule has 0 saturated heterocycles. The Kier molecular flexibility index (Phi) is 5.35. The zero-order valence-corrected chi connectivity index (χ0v) is 15.9. The van der Waals surface area contributed by atoms with Crippen molar-refractivity contribution >= 4 is 11.9 Å². The molecule has 0 spiro atoms. The standard InChI is InChI=1S/C21H23NO5/c1-5-22(6-2)20(23)13-11-15-18(17(12-13)26-4)19(27-21(15)24)14-9-7-8-10-16(14)25-3/h7-12,19H,5-6H2,1-4H3. The number of carbonyl (C=O) groups is 2. The van der Waals surface area contributed by atoms with E-state index in [9.17, 15) is 9.59 Å². The SMILES string of the molecule is CCN(CC)C(=O)c1cc(OC)c2c(c1)C(=O)OC2c1ccccc1OC. The summed E-state index contributed by atoms with van der Waals surface area (Å²) in [5.74, 6) is 0.446. The van der Waals surface area contributed by atoms with Crippen molar-refractivity contribution in [3.05, 3.63) is 58.7 Å². The molecule has 3 rings (SSSR count). The van der Waals surface area contributed by atoms with E-state index in [1.807, 2.05) is 38.1 Å². The maximum atomic E-state index is 12.7. The minimum atomic E-state index is -0.642. The number of esters is 1. The Labute approximate surface area is 158 Å². The number of para-hydroxylation sites is 1. The summed E-state index contributed by atoms with van der Waals surface area (Å²) in [5.41, 5.74) is 2.10. The molecular weight excluding hydrogens is 346 g/mol. The van der Waals surface area contributed by atoms with E-state index >= 15 is 0 Å². The van der Waals surface area contributed by atoms with Crippen LogP contribution in [-0.2, 0) is 4.74 Å². The number of rotatable bonds is 6. The molecule has 1 amide bonds. The molecule has 1 heterocycles. The van der Waals surface area contributed by atoms with Crippen LogP contribution in [0.1, 0.15) is 51.8 Å². The minimum Gasteiger partial charge on any atom is -0.496 e. The van der Waals surface area contributed by atoms with Crippen LogP contribution in [0.5, 0.6) is 11.5 Å². The largest absolute Gasteiger partial charge is 0.496 e. The summed E-state index contributed by atoms with van der Waals surface area (Å²) in [7, 11) is 3.09. The van der Waals surface area contributed by atoms with E-state index in [4.69, 9.17) is 14.2 Å². The summed E-state index contributed by atoms with van der Waals surface area (Å²) in [6.45, 7) is 5.00. The summed E-state index contributed by atoms with van der Waals surface area (Å²) >= 11 is 0. The van der Waals surface area contributed by atoms with Crippen molar-refractivity contribution in [2.75, 3.05) is 27.3 Å². The molecule has 1 aliphatic rings. The third kappa shape index (κ3) is 3.23. The Morgan fingerprint density at radius 1 is 1.07 bits per heavy atom. The lowest BCUT2D eigenvalue weighted by Gasteiger charge is -2.20. The summed E-state index contributed by atoms with van der Waals surface area (Å²) in [6.07, 6.45) is -0.642. The summed E-state index contributed by atoms with van der Waals surface area (Å²) < 4.78 is 16.6. The molecule has 6 heteroatoms. The number of benzene rings is 2. The number of carbonyl (C=O) groups excluding carboxylic acids is 2. The van der Waals surface area contributed by atoms with Gasteiger partial charge in [-0.1, -0.05) is 18.2 Å². The third-order valence-electron chi connectivity index (χ3n) is 4.79. The van der Waals surface area contributed by atoms with Crippen molar-refractivity contribution in [3.8, 4) is 11.5 Å². The van der Waals surface area contributed by atoms with Crippen LogP contribution in [0.15, 0.2) is 36.4 Å². The van der Waals surface area contributed by atoms with E-state index in [1.165, 1.54) is 7.11 Å². The average molecular weight is 369 g/mol. The molecule has 0 aliphatic carbocycles. The number of hydrogen-bond donors (Lipinski definition) is 0. The highest BCUT2D eigenvalue weighted by Gasteiger charge is 2.38. The predicted molar refractivity (Wildman–Crippen MR) is 100 cm³/mol. The van der Waals surface area contributed by atoms with Crippen LogP contribution < -0.4 is 9.47 Å². The van der Waals surface area contributed by atoms with Gasteiger partial charge in [-0.25, -0.2) is 4.79 Å². The first kappa shape index (κ1) is 18.8. The van der Waals surface area contributed by atoms with Gasteiger partial charge in [-0.2, -0.15) is 0 Å². The number of hydrogen-bond acceptors (Lipinski definition) is 5. The Balaban J connectivity index is 2.12. The van der Waals surface area contributed by atoms with Gasteiger partial charge < -0.3 is 19.1 Å². The van der Waals surface area contributed by atoms with Crippen LogP contribution in [0.25, 0.3) is 0 Å². The van der Waals surface area contributed by atoms with Crippen LogP contribution in [0.2, 0.25) is 0 Å². The lowest BCUT2D eigenvalue weighted by atomic mass is 9.95. The molecule has 0 saturated carbocycles. The molecule has 27 heavy (non-hydrogen) atoms. The Morgan fingerprint density at radius 3 is 2.37 bits per heavy atom. The van der Waals surface area contributed by atoms with E-state index < -0.39 is 12.1 Å². The van der Waals surface area contributed by atoms with Crippen LogP contribution in [0, 0.1) is 0 Å². The molecule has 1 atom stereocenters. The first-order valence-electron chi connectivity index (χ1n) is 8.90. The van der Waals surface area contributed by atoms with Crippen molar-refractivity contribution in [1.82, 2.24) is 4.90 Å². The zero-order valence-electron chi connectivity index (χ0n) is 15.9. The average Bonchev–Trinajstić information content (AvgIpc) is 3.04. The van der Waals surface area contributed by atoms with Gasteiger partial charge in [0.15, 0.2) is 6.10 Å². The molecule has 2 aromatic carbocycles. The molecule has 2 aromatic rings. The fourth-order valence-corrected chi connectivity index (χ4v) is 3.38. The topological polar surface area (TPSA) is 65.1 Å². The summed E-state index contributed by atoms with van der Waals surface area (Å²) in [5, 5.41) is 0. The van der Waals surface area contributed by atoms with Gasteiger partial charge >= 0.3 is 5.97 Å². The maximum Gasteiger partial charge on any atom is 0.339 e. The molecule has 1 aliphatic heterocycles. The third-order valence-corrected chi connectivity index (χ3v) is 4.79. The number of cyclic esters (lactones) is 1. The second kappa shape index (κ2) is 7.70. The molecule has 0 fully saturated rings. The van der Waals surface area contributed by atoms with Crippen LogP contribution >= 0.6 is 0 Å². The molecule has 0 bridgehead atoms. The van der Waals surface area contributed by atoms with Gasteiger partial charge in [0, 0.05) is 24.2 Å². The van der Waals surface area contributed by atoms with Gasteiger partial charge in [-0.3, -0.25) is 4.79 Å². The number of methoxy groups -OCH3 is 2. The minimum absolute atomic E-state index is 0.144. The van der Waals surface area contributed by atoms with Gasteiger partial charge in [0.1, 0.15) is 11.5 Å². The van der Waals surface area contributed by atoms with E-state index in [-0.39, 0.29) is 5.91 Å². The lowest BCUT2D eigenvalue weighted by molar-refractivity contribution is 0.0451. The molecule has 6 nitrogen and oxygen atoms in total. The van der Waals surface area contributed by atoms with E-state index in [2.05, 4.69) is 0 Å². The number of nitrogens with zero attached hydrogens (tertiary/aromatic N) is 1. The van der Waals surface area contributed by atoms with Gasteiger partial charge in [0.25, 0.3) is 5.91 Å². The smallest absolute Gasteiger partial charge is 0.339 e. The molecule has 0 aromatic heterocycles. The summed E-state index contributed by atoms with van der Waals surface area (Å²) in [4.78, 5) is 27.0. The Hall–Kier alpha value is -3.02. The van der Waals surface area contributed by atoms with Crippen LogP contribution in [0.4, 0.5) is 0 Å². The van der Waals surface area contributed by atoms with E-state index in [1.54, 1.807) is 24.1 Å². The lowest BCUT2D eigenvalue weighted by Crippen LogP contribution is -2.30. The van der Waals surface area contributed by atoms with Crippen LogP contribution in [-0.4, -0.2) is 44.1 Å². The fraction of sp³-hybridized carbons (Fsp3) is 0.333. The first-order valence-corrected chi connectivity index (χ1v) is 8.90. The highest BCUT2D eigenvalue weighted by molar-refractivity contribution is 6.01. The Bertz CT molecular complexity index is 873. The fourth-order valence-electron chi connectivity index (χ4n) is 3.38. The van der Waals surface area contributed by atoms with Gasteiger partial charge in [0.05, 0.1) is 25.3 Å². The van der Waals surface area contributed by atoms with Gasteiger partial charge in [-0.15, -0.1) is 0 Å². The van der Waals surface area contributed by atoms with Gasteiger partial charge in [-0.05, 0) is 32.0 Å². The monoisotopic (exact) mass is 369 g/mol. The Morgan fingerprint density at radius 2 is 1.74 bits per heavy atom. The van der Waals surface area contributed by atoms with Crippen molar-refractivity contribution in [1.29, 1.82) is 0 Å². The second-order valence-electron chi connectivity index (χ2n) is 6.14. The molecule has 1 unspecified atom stereocenters.